The molecule has 2 aromatic carbocycles. The molecule has 0 aliphatic carbocycles. The van der Waals surface area contributed by atoms with Crippen molar-refractivity contribution in [3.05, 3.63) is 59.7 Å². The predicted octanol–water partition coefficient (Wildman–Crippen LogP) is 2.31. The van der Waals surface area contributed by atoms with Crippen LogP contribution in [0.2, 0.25) is 0 Å². The molecular formula is C15H12N2O2S. The summed E-state index contributed by atoms with van der Waals surface area (Å²) in [6.45, 7) is 0.418. The van der Waals surface area contributed by atoms with E-state index < -0.39 is 10.0 Å². The van der Waals surface area contributed by atoms with E-state index in [0.29, 0.717) is 18.7 Å². The minimum Gasteiger partial charge on any atom is -0.266 e. The van der Waals surface area contributed by atoms with Crippen LogP contribution in [0.5, 0.6) is 0 Å². The third kappa shape index (κ3) is 1.86. The van der Waals surface area contributed by atoms with E-state index in [0.717, 1.165) is 5.56 Å². The Kier molecular flexibility index (Phi) is 2.96. The molecular weight excluding hydrogens is 272 g/mol. The fourth-order valence-corrected chi connectivity index (χ4v) is 4.11. The number of benzene rings is 2. The standard InChI is InChI=1S/C15H12N2O2S/c16-11-13-6-2-4-8-15(13)20(18,19)17-10-9-12-5-1-3-7-14(12)17/h1-8H,9-10H2. The smallest absolute Gasteiger partial charge is 0.265 e. The van der Waals surface area contributed by atoms with Gasteiger partial charge < -0.3 is 0 Å². The average Bonchev–Trinajstić information content (AvgIpc) is 2.92. The zero-order valence-electron chi connectivity index (χ0n) is 10.7. The normalized spacial score (nSPS) is 13.8. The Labute approximate surface area is 117 Å². The maximum atomic E-state index is 12.8. The van der Waals surface area contributed by atoms with E-state index in [-0.39, 0.29) is 10.5 Å². The first kappa shape index (κ1) is 12.7. The van der Waals surface area contributed by atoms with Crippen molar-refractivity contribution in [3.63, 3.8) is 0 Å². The van der Waals surface area contributed by atoms with Crippen molar-refractivity contribution in [2.24, 2.45) is 0 Å². The summed E-state index contributed by atoms with van der Waals surface area (Å²) in [5, 5.41) is 9.09. The van der Waals surface area contributed by atoms with Crippen LogP contribution in [-0.4, -0.2) is 15.0 Å². The molecule has 100 valence electrons. The van der Waals surface area contributed by atoms with E-state index in [1.54, 1.807) is 18.2 Å². The molecule has 3 rings (SSSR count). The van der Waals surface area contributed by atoms with Crippen molar-refractivity contribution >= 4 is 15.7 Å². The summed E-state index contributed by atoms with van der Waals surface area (Å²) >= 11 is 0. The summed E-state index contributed by atoms with van der Waals surface area (Å²) < 4.78 is 26.9. The van der Waals surface area contributed by atoms with E-state index in [2.05, 4.69) is 0 Å². The van der Waals surface area contributed by atoms with Crippen LogP contribution in [0.15, 0.2) is 53.4 Å². The first-order chi connectivity index (χ1) is 9.64. The second-order valence-corrected chi connectivity index (χ2v) is 6.39. The van der Waals surface area contributed by atoms with Gasteiger partial charge in [-0.15, -0.1) is 0 Å². The van der Waals surface area contributed by atoms with Crippen LogP contribution in [0.3, 0.4) is 0 Å². The summed E-state index contributed by atoms with van der Waals surface area (Å²) in [6, 6.07) is 15.7. The lowest BCUT2D eigenvalue weighted by Gasteiger charge is -2.20. The topological polar surface area (TPSA) is 61.2 Å². The zero-order chi connectivity index (χ0) is 14.2. The van der Waals surface area contributed by atoms with Crippen LogP contribution < -0.4 is 4.31 Å². The quantitative estimate of drug-likeness (QED) is 0.850. The van der Waals surface area contributed by atoms with Gasteiger partial charge in [0.2, 0.25) is 0 Å². The lowest BCUT2D eigenvalue weighted by molar-refractivity contribution is 0.592. The molecule has 0 radical (unpaired) electrons. The van der Waals surface area contributed by atoms with Gasteiger partial charge in [0.15, 0.2) is 0 Å². The monoisotopic (exact) mass is 284 g/mol. The first-order valence-electron chi connectivity index (χ1n) is 6.24. The molecule has 1 heterocycles. The molecule has 0 bridgehead atoms. The van der Waals surface area contributed by atoms with Crippen molar-refractivity contribution in [3.8, 4) is 6.07 Å². The molecule has 20 heavy (non-hydrogen) atoms. The fourth-order valence-electron chi connectivity index (χ4n) is 2.46. The Bertz CT molecular complexity index is 807. The number of rotatable bonds is 2. The van der Waals surface area contributed by atoms with Crippen molar-refractivity contribution in [1.29, 1.82) is 5.26 Å². The van der Waals surface area contributed by atoms with Crippen molar-refractivity contribution in [2.75, 3.05) is 10.8 Å². The molecule has 0 saturated heterocycles. The third-order valence-electron chi connectivity index (χ3n) is 3.42. The molecule has 1 aliphatic heterocycles. The molecule has 0 atom stereocenters. The zero-order valence-corrected chi connectivity index (χ0v) is 11.5. The molecule has 0 saturated carbocycles. The van der Waals surface area contributed by atoms with Gasteiger partial charge in [-0.3, -0.25) is 4.31 Å². The largest absolute Gasteiger partial charge is 0.266 e. The maximum absolute atomic E-state index is 12.8. The second kappa shape index (κ2) is 4.66. The van der Waals surface area contributed by atoms with Crippen molar-refractivity contribution in [2.45, 2.75) is 11.3 Å². The van der Waals surface area contributed by atoms with Crippen molar-refractivity contribution < 1.29 is 8.42 Å². The Morgan fingerprint density at radius 3 is 2.55 bits per heavy atom. The van der Waals surface area contributed by atoms with E-state index >= 15 is 0 Å². The number of sulfonamides is 1. The SMILES string of the molecule is N#Cc1ccccc1S(=O)(=O)N1CCc2ccccc21. The van der Waals surface area contributed by atoms with Gasteiger partial charge in [0, 0.05) is 6.54 Å². The summed E-state index contributed by atoms with van der Waals surface area (Å²) in [4.78, 5) is 0.0687. The lowest BCUT2D eigenvalue weighted by atomic mass is 10.2. The van der Waals surface area contributed by atoms with Gasteiger partial charge in [0.25, 0.3) is 10.0 Å². The highest BCUT2D eigenvalue weighted by Gasteiger charge is 2.31. The fraction of sp³-hybridized carbons (Fsp3) is 0.133. The minimum absolute atomic E-state index is 0.0687. The first-order valence-corrected chi connectivity index (χ1v) is 7.68. The summed E-state index contributed by atoms with van der Waals surface area (Å²) in [5.41, 5.74) is 1.91. The van der Waals surface area contributed by atoms with Gasteiger partial charge in [-0.05, 0) is 30.2 Å². The van der Waals surface area contributed by atoms with Gasteiger partial charge in [-0.25, -0.2) is 8.42 Å². The maximum Gasteiger partial charge on any atom is 0.265 e. The Morgan fingerprint density at radius 1 is 1.05 bits per heavy atom. The van der Waals surface area contributed by atoms with Crippen LogP contribution in [0.25, 0.3) is 0 Å². The van der Waals surface area contributed by atoms with Gasteiger partial charge >= 0.3 is 0 Å². The van der Waals surface area contributed by atoms with Gasteiger partial charge in [0.1, 0.15) is 11.0 Å². The van der Waals surface area contributed by atoms with Gasteiger partial charge in [-0.2, -0.15) is 5.26 Å². The van der Waals surface area contributed by atoms with Crippen LogP contribution in [0, 0.1) is 11.3 Å². The number of fused-ring (bicyclic) bond motifs is 1. The molecule has 0 unspecified atom stereocenters. The van der Waals surface area contributed by atoms with Crippen LogP contribution in [0.4, 0.5) is 5.69 Å². The van der Waals surface area contributed by atoms with Gasteiger partial charge in [0.05, 0.1) is 11.3 Å². The van der Waals surface area contributed by atoms with Crippen molar-refractivity contribution in [1.82, 2.24) is 0 Å². The highest BCUT2D eigenvalue weighted by Crippen LogP contribution is 2.33. The number of nitrogens with zero attached hydrogens (tertiary/aromatic N) is 2. The Balaban J connectivity index is 2.14. The summed E-state index contributed by atoms with van der Waals surface area (Å²) in [7, 11) is -3.68. The molecule has 2 aromatic rings. The van der Waals surface area contributed by atoms with E-state index in [1.807, 2.05) is 24.3 Å². The molecule has 0 aromatic heterocycles. The highest BCUT2D eigenvalue weighted by molar-refractivity contribution is 7.93. The average molecular weight is 284 g/mol. The van der Waals surface area contributed by atoms with E-state index in [4.69, 9.17) is 5.26 Å². The van der Waals surface area contributed by atoms with Crippen LogP contribution >= 0.6 is 0 Å². The highest BCUT2D eigenvalue weighted by atomic mass is 32.2. The molecule has 5 heteroatoms. The Morgan fingerprint density at radius 2 is 1.75 bits per heavy atom. The molecule has 0 N–H and O–H groups in total. The van der Waals surface area contributed by atoms with E-state index in [1.165, 1.54) is 16.4 Å². The molecule has 0 fully saturated rings. The molecule has 0 spiro atoms. The number of hydrogen-bond donors (Lipinski definition) is 0. The molecule has 1 aliphatic rings. The number of nitriles is 1. The number of hydrogen-bond acceptors (Lipinski definition) is 3. The summed E-state index contributed by atoms with van der Waals surface area (Å²) in [6.07, 6.45) is 0.699. The minimum atomic E-state index is -3.68. The van der Waals surface area contributed by atoms with Crippen LogP contribution in [0.1, 0.15) is 11.1 Å². The third-order valence-corrected chi connectivity index (χ3v) is 5.29. The molecule has 4 nitrogen and oxygen atoms in total. The second-order valence-electron chi connectivity index (χ2n) is 4.56. The number of para-hydroxylation sites is 1. The predicted molar refractivity (Wildman–Crippen MR) is 75.8 cm³/mol. The van der Waals surface area contributed by atoms with Gasteiger partial charge in [-0.1, -0.05) is 30.3 Å². The number of anilines is 1. The Hall–Kier alpha value is -2.32. The summed E-state index contributed by atoms with van der Waals surface area (Å²) in [5.74, 6) is 0. The lowest BCUT2D eigenvalue weighted by Crippen LogP contribution is -2.29. The van der Waals surface area contributed by atoms with E-state index in [9.17, 15) is 8.42 Å². The molecule has 0 amide bonds. The van der Waals surface area contributed by atoms with Crippen LogP contribution in [-0.2, 0) is 16.4 Å².